The van der Waals surface area contributed by atoms with Gasteiger partial charge in [-0.15, -0.1) is 0 Å². The summed E-state index contributed by atoms with van der Waals surface area (Å²) in [6.07, 6.45) is 0. The SMILES string of the molecule is [N-]=[N+]=NS(=O)(=O)CCN. The molecule has 0 aliphatic rings. The molecule has 0 unspecified atom stereocenters. The average molecular weight is 150 g/mol. The smallest absolute Gasteiger partial charge is 0.236 e. The lowest BCUT2D eigenvalue weighted by Gasteiger charge is -1.87. The second-order valence-electron chi connectivity index (χ2n) is 1.25. The maximum absolute atomic E-state index is 10.3. The fourth-order valence-corrected chi connectivity index (χ4v) is 0.736. The van der Waals surface area contributed by atoms with Gasteiger partial charge in [-0.1, -0.05) is 0 Å². The van der Waals surface area contributed by atoms with E-state index >= 15 is 0 Å². The predicted molar refractivity (Wildman–Crippen MR) is 32.0 cm³/mol. The zero-order valence-electron chi connectivity index (χ0n) is 4.56. The molecule has 0 rings (SSSR count). The first-order chi connectivity index (χ1) is 4.12. The number of hydrogen-bond acceptors (Lipinski definition) is 3. The Balaban J connectivity index is 4.22. The van der Waals surface area contributed by atoms with Crippen molar-refractivity contribution in [3.05, 3.63) is 10.4 Å². The lowest BCUT2D eigenvalue weighted by molar-refractivity contribution is 0.597. The minimum atomic E-state index is -3.60. The van der Waals surface area contributed by atoms with Crippen LogP contribution in [0.2, 0.25) is 0 Å². The highest BCUT2D eigenvalue weighted by Crippen LogP contribution is 1.88. The number of azide groups is 1. The van der Waals surface area contributed by atoms with Crippen LogP contribution in [0.25, 0.3) is 10.4 Å². The molecule has 0 spiro atoms. The van der Waals surface area contributed by atoms with Crippen LogP contribution in [0.5, 0.6) is 0 Å². The van der Waals surface area contributed by atoms with E-state index in [4.69, 9.17) is 11.3 Å². The van der Waals surface area contributed by atoms with Crippen LogP contribution in [-0.2, 0) is 10.0 Å². The minimum absolute atomic E-state index is 0.0264. The van der Waals surface area contributed by atoms with Crippen molar-refractivity contribution in [3.8, 4) is 0 Å². The zero-order chi connectivity index (χ0) is 7.33. The van der Waals surface area contributed by atoms with Gasteiger partial charge in [0.1, 0.15) is 0 Å². The van der Waals surface area contributed by atoms with E-state index in [1.165, 1.54) is 0 Å². The molecule has 0 bridgehead atoms. The molecule has 0 saturated carbocycles. The summed E-state index contributed by atoms with van der Waals surface area (Å²) >= 11 is 0. The van der Waals surface area contributed by atoms with Gasteiger partial charge in [0.25, 0.3) is 0 Å². The third-order valence-corrected chi connectivity index (χ3v) is 1.61. The molecule has 0 aromatic rings. The summed E-state index contributed by atoms with van der Waals surface area (Å²) in [6, 6.07) is 0. The van der Waals surface area contributed by atoms with Gasteiger partial charge < -0.3 is 5.73 Å². The van der Waals surface area contributed by atoms with E-state index < -0.39 is 10.0 Å². The summed E-state index contributed by atoms with van der Waals surface area (Å²) in [5.41, 5.74) is 12.5. The second kappa shape index (κ2) is 3.29. The molecule has 0 heterocycles. The Morgan fingerprint density at radius 3 is 2.56 bits per heavy atom. The molecule has 9 heavy (non-hydrogen) atoms. The Bertz CT molecular complexity index is 213. The number of sulfonamides is 1. The Morgan fingerprint density at radius 1 is 1.67 bits per heavy atom. The third kappa shape index (κ3) is 3.77. The van der Waals surface area contributed by atoms with Crippen molar-refractivity contribution >= 4 is 10.0 Å². The molecule has 2 N–H and O–H groups in total. The standard InChI is InChI=1S/C2H6N4O2S/c3-1-2-9(7,8)6-5-4/h1-3H2. The van der Waals surface area contributed by atoms with Crippen molar-refractivity contribution < 1.29 is 8.42 Å². The summed E-state index contributed by atoms with van der Waals surface area (Å²) < 4.78 is 23.2. The van der Waals surface area contributed by atoms with Crippen LogP contribution in [0.4, 0.5) is 0 Å². The van der Waals surface area contributed by atoms with Crippen LogP contribution < -0.4 is 5.73 Å². The van der Waals surface area contributed by atoms with E-state index in [1.807, 2.05) is 0 Å². The molecule has 0 aliphatic carbocycles. The number of rotatable bonds is 3. The van der Waals surface area contributed by atoms with Gasteiger partial charge in [0, 0.05) is 16.0 Å². The molecule has 7 heteroatoms. The van der Waals surface area contributed by atoms with Crippen LogP contribution in [0.3, 0.4) is 0 Å². The van der Waals surface area contributed by atoms with Crippen molar-refractivity contribution in [2.45, 2.75) is 0 Å². The molecular formula is C2H6N4O2S. The second-order valence-corrected chi connectivity index (χ2v) is 2.98. The van der Waals surface area contributed by atoms with Gasteiger partial charge in [0.05, 0.1) is 5.75 Å². The molecule has 0 amide bonds. The highest BCUT2D eigenvalue weighted by Gasteiger charge is 2.03. The molecule has 0 saturated heterocycles. The van der Waals surface area contributed by atoms with E-state index in [0.29, 0.717) is 0 Å². The molecule has 0 radical (unpaired) electrons. The van der Waals surface area contributed by atoms with Crippen LogP contribution in [-0.4, -0.2) is 20.7 Å². The fourth-order valence-electron chi connectivity index (χ4n) is 0.245. The van der Waals surface area contributed by atoms with Crippen molar-refractivity contribution in [1.29, 1.82) is 0 Å². The number of hydrogen-bond donors (Lipinski definition) is 1. The van der Waals surface area contributed by atoms with Gasteiger partial charge in [-0.25, -0.2) is 8.42 Å². The number of nitrogens with two attached hydrogens (primary N) is 1. The van der Waals surface area contributed by atoms with E-state index in [1.54, 1.807) is 0 Å². The van der Waals surface area contributed by atoms with E-state index in [2.05, 4.69) is 9.43 Å². The lowest BCUT2D eigenvalue weighted by Crippen LogP contribution is -2.12. The largest absolute Gasteiger partial charge is 0.329 e. The van der Waals surface area contributed by atoms with Crippen molar-refractivity contribution in [2.75, 3.05) is 12.3 Å². The van der Waals surface area contributed by atoms with Gasteiger partial charge in [0.2, 0.25) is 10.0 Å². The Labute approximate surface area is 52.3 Å². The van der Waals surface area contributed by atoms with Crippen molar-refractivity contribution in [2.24, 2.45) is 10.3 Å². The average Bonchev–Trinajstić information content (AvgIpc) is 1.64. The zero-order valence-corrected chi connectivity index (χ0v) is 5.37. The molecule has 0 aromatic heterocycles. The molecule has 0 fully saturated rings. The van der Waals surface area contributed by atoms with Crippen LogP contribution in [0.1, 0.15) is 0 Å². The van der Waals surface area contributed by atoms with E-state index in [0.717, 1.165) is 0 Å². The predicted octanol–water partition coefficient (Wildman–Crippen LogP) is -0.415. The number of nitrogens with zero attached hydrogens (tertiary/aromatic N) is 3. The maximum atomic E-state index is 10.3. The van der Waals surface area contributed by atoms with Gasteiger partial charge in [-0.2, -0.15) is 0 Å². The fraction of sp³-hybridized carbons (Fsp3) is 1.00. The molecule has 52 valence electrons. The first kappa shape index (κ1) is 8.22. The summed E-state index contributed by atoms with van der Waals surface area (Å²) in [5.74, 6) is -0.295. The Hall–Kier alpha value is -0.780. The summed E-state index contributed by atoms with van der Waals surface area (Å²) in [4.78, 5) is 2.11. The quantitative estimate of drug-likeness (QED) is 0.335. The van der Waals surface area contributed by atoms with E-state index in [9.17, 15) is 8.42 Å². The first-order valence-corrected chi connectivity index (χ1v) is 3.72. The summed E-state index contributed by atoms with van der Waals surface area (Å²) in [6.45, 7) is -0.0264. The highest BCUT2D eigenvalue weighted by atomic mass is 32.2. The topological polar surface area (TPSA) is 109 Å². The Morgan fingerprint density at radius 2 is 2.22 bits per heavy atom. The summed E-state index contributed by atoms with van der Waals surface area (Å²) in [7, 11) is -3.60. The van der Waals surface area contributed by atoms with Gasteiger partial charge in [0.15, 0.2) is 0 Å². The van der Waals surface area contributed by atoms with Crippen molar-refractivity contribution in [1.82, 2.24) is 0 Å². The van der Waals surface area contributed by atoms with Crippen molar-refractivity contribution in [3.63, 3.8) is 0 Å². The first-order valence-electron chi connectivity index (χ1n) is 2.11. The minimum Gasteiger partial charge on any atom is -0.329 e. The van der Waals surface area contributed by atoms with Gasteiger partial charge >= 0.3 is 0 Å². The van der Waals surface area contributed by atoms with Crippen LogP contribution in [0, 0.1) is 0 Å². The molecular weight excluding hydrogens is 144 g/mol. The van der Waals surface area contributed by atoms with E-state index in [-0.39, 0.29) is 12.3 Å². The van der Waals surface area contributed by atoms with Crippen LogP contribution >= 0.6 is 0 Å². The third-order valence-electron chi connectivity index (χ3n) is 0.537. The molecule has 0 aliphatic heterocycles. The normalized spacial score (nSPS) is 10.3. The highest BCUT2D eigenvalue weighted by molar-refractivity contribution is 7.90. The lowest BCUT2D eigenvalue weighted by atomic mass is 10.8. The molecule has 0 aromatic carbocycles. The maximum Gasteiger partial charge on any atom is 0.236 e. The Kier molecular flexibility index (Phi) is 3.00. The van der Waals surface area contributed by atoms with Gasteiger partial charge in [-0.05, 0) is 5.53 Å². The molecule has 6 nitrogen and oxygen atoms in total. The molecule has 0 atom stereocenters. The van der Waals surface area contributed by atoms with Gasteiger partial charge in [-0.3, -0.25) is 0 Å². The summed E-state index contributed by atoms with van der Waals surface area (Å²) in [5, 5.41) is 0. The van der Waals surface area contributed by atoms with Crippen LogP contribution in [0.15, 0.2) is 4.52 Å². The monoisotopic (exact) mass is 150 g/mol.